The highest BCUT2D eigenvalue weighted by Crippen LogP contribution is 2.19. The molecule has 0 bridgehead atoms. The van der Waals surface area contributed by atoms with Gasteiger partial charge in [0.2, 0.25) is 5.91 Å². The van der Waals surface area contributed by atoms with Gasteiger partial charge in [-0.15, -0.1) is 0 Å². The number of benzene rings is 2. The second kappa shape index (κ2) is 7.71. The minimum absolute atomic E-state index is 0.139. The summed E-state index contributed by atoms with van der Waals surface area (Å²) in [5.74, 6) is -0.444. The largest absolute Gasteiger partial charge is 0.352 e. The summed E-state index contributed by atoms with van der Waals surface area (Å²) in [5.41, 5.74) is 4.76. The number of carbonyl (C=O) groups is 1. The van der Waals surface area contributed by atoms with Crippen LogP contribution in [0.1, 0.15) is 16.8 Å². The summed E-state index contributed by atoms with van der Waals surface area (Å²) in [6.07, 6.45) is 1.98. The lowest BCUT2D eigenvalue weighted by Gasteiger charge is -2.06. The minimum atomic E-state index is -0.305. The third-order valence-electron chi connectivity index (χ3n) is 3.93. The van der Waals surface area contributed by atoms with Crippen LogP contribution >= 0.6 is 0 Å². The Morgan fingerprint density at radius 3 is 2.48 bits per heavy atom. The fourth-order valence-corrected chi connectivity index (χ4v) is 2.52. The predicted molar refractivity (Wildman–Crippen MR) is 96.4 cm³/mol. The normalized spacial score (nSPS) is 10.5. The summed E-state index contributed by atoms with van der Waals surface area (Å²) < 4.78 is 13.1. The van der Waals surface area contributed by atoms with E-state index in [9.17, 15) is 9.18 Å². The average molecular weight is 334 g/mol. The minimum Gasteiger partial charge on any atom is -0.352 e. The van der Waals surface area contributed by atoms with Crippen molar-refractivity contribution in [1.82, 2.24) is 10.3 Å². The van der Waals surface area contributed by atoms with E-state index in [-0.39, 0.29) is 18.1 Å². The van der Waals surface area contributed by atoms with Crippen LogP contribution < -0.4 is 5.32 Å². The SMILES string of the molecule is Cc1ccc(-c2ccc(CC(=O)NCc3cccc(F)c3)nc2)cc1. The highest BCUT2D eigenvalue weighted by atomic mass is 19.1. The van der Waals surface area contributed by atoms with Crippen LogP contribution in [0, 0.1) is 12.7 Å². The van der Waals surface area contributed by atoms with Crippen LogP contribution in [0.25, 0.3) is 11.1 Å². The van der Waals surface area contributed by atoms with E-state index < -0.39 is 0 Å². The molecule has 0 saturated heterocycles. The molecular weight excluding hydrogens is 315 g/mol. The first kappa shape index (κ1) is 16.8. The molecule has 0 aliphatic carbocycles. The van der Waals surface area contributed by atoms with E-state index in [1.54, 1.807) is 18.3 Å². The maximum absolute atomic E-state index is 13.1. The van der Waals surface area contributed by atoms with Gasteiger partial charge in [0.05, 0.1) is 6.42 Å². The van der Waals surface area contributed by atoms with Gasteiger partial charge in [-0.25, -0.2) is 4.39 Å². The van der Waals surface area contributed by atoms with Crippen LogP contribution in [0.2, 0.25) is 0 Å². The van der Waals surface area contributed by atoms with E-state index in [0.29, 0.717) is 12.2 Å². The zero-order valence-corrected chi connectivity index (χ0v) is 14.0. The van der Waals surface area contributed by atoms with Gasteiger partial charge in [-0.2, -0.15) is 0 Å². The zero-order chi connectivity index (χ0) is 17.6. The second-order valence-electron chi connectivity index (χ2n) is 5.99. The van der Waals surface area contributed by atoms with Gasteiger partial charge in [0.25, 0.3) is 0 Å². The molecule has 2 aromatic carbocycles. The molecule has 1 aromatic heterocycles. The fraction of sp³-hybridized carbons (Fsp3) is 0.143. The van der Waals surface area contributed by atoms with E-state index in [2.05, 4.69) is 34.6 Å². The number of aromatic nitrogens is 1. The molecule has 0 aliphatic heterocycles. The summed E-state index contributed by atoms with van der Waals surface area (Å²) in [5, 5.41) is 2.78. The maximum Gasteiger partial charge on any atom is 0.226 e. The molecule has 0 saturated carbocycles. The van der Waals surface area contributed by atoms with Crippen LogP contribution in [-0.4, -0.2) is 10.9 Å². The van der Waals surface area contributed by atoms with Crippen molar-refractivity contribution < 1.29 is 9.18 Å². The molecule has 3 nitrogen and oxygen atoms in total. The van der Waals surface area contributed by atoms with Crippen molar-refractivity contribution in [3.8, 4) is 11.1 Å². The lowest BCUT2D eigenvalue weighted by atomic mass is 10.1. The number of amides is 1. The number of pyridine rings is 1. The Balaban J connectivity index is 1.57. The van der Waals surface area contributed by atoms with Crippen molar-refractivity contribution in [2.24, 2.45) is 0 Å². The number of nitrogens with one attached hydrogen (secondary N) is 1. The Morgan fingerprint density at radius 2 is 1.80 bits per heavy atom. The Kier molecular flexibility index (Phi) is 5.19. The third kappa shape index (κ3) is 4.73. The summed E-state index contributed by atoms with van der Waals surface area (Å²) in [7, 11) is 0. The Morgan fingerprint density at radius 1 is 1.04 bits per heavy atom. The predicted octanol–water partition coefficient (Wildman–Crippen LogP) is 4.06. The van der Waals surface area contributed by atoms with Crippen molar-refractivity contribution in [3.63, 3.8) is 0 Å². The van der Waals surface area contributed by atoms with Crippen molar-refractivity contribution in [2.45, 2.75) is 19.9 Å². The van der Waals surface area contributed by atoms with Crippen molar-refractivity contribution in [3.05, 3.63) is 89.5 Å². The highest BCUT2D eigenvalue weighted by Gasteiger charge is 2.06. The van der Waals surface area contributed by atoms with Gasteiger partial charge >= 0.3 is 0 Å². The second-order valence-corrected chi connectivity index (χ2v) is 5.99. The van der Waals surface area contributed by atoms with E-state index in [0.717, 1.165) is 16.7 Å². The first-order chi connectivity index (χ1) is 12.1. The Labute approximate surface area is 146 Å². The summed E-state index contributed by atoms with van der Waals surface area (Å²) in [6, 6.07) is 18.2. The first-order valence-corrected chi connectivity index (χ1v) is 8.13. The summed E-state index contributed by atoms with van der Waals surface area (Å²) in [6.45, 7) is 2.35. The van der Waals surface area contributed by atoms with Gasteiger partial charge in [-0.3, -0.25) is 9.78 Å². The molecule has 4 heteroatoms. The molecular formula is C21H19FN2O. The van der Waals surface area contributed by atoms with E-state index in [1.165, 1.54) is 17.7 Å². The van der Waals surface area contributed by atoms with Crippen LogP contribution in [0.4, 0.5) is 4.39 Å². The number of rotatable bonds is 5. The Bertz CT molecular complexity index is 858. The highest BCUT2D eigenvalue weighted by molar-refractivity contribution is 5.78. The molecule has 25 heavy (non-hydrogen) atoms. The summed E-state index contributed by atoms with van der Waals surface area (Å²) in [4.78, 5) is 16.4. The van der Waals surface area contributed by atoms with Gasteiger partial charge < -0.3 is 5.32 Å². The standard InChI is InChI=1S/C21H19FN2O/c1-15-5-7-17(8-6-15)18-9-10-20(23-14-18)12-21(25)24-13-16-3-2-4-19(22)11-16/h2-11,14H,12-13H2,1H3,(H,24,25). The van der Waals surface area contributed by atoms with Crippen LogP contribution in [-0.2, 0) is 17.8 Å². The number of halogens is 1. The van der Waals surface area contributed by atoms with Crippen molar-refractivity contribution in [1.29, 1.82) is 0 Å². The average Bonchev–Trinajstić information content (AvgIpc) is 2.62. The van der Waals surface area contributed by atoms with Gasteiger partial charge in [0.15, 0.2) is 0 Å². The van der Waals surface area contributed by atoms with Crippen LogP contribution in [0.3, 0.4) is 0 Å². The lowest BCUT2D eigenvalue weighted by Crippen LogP contribution is -2.24. The van der Waals surface area contributed by atoms with Gasteiger partial charge in [0, 0.05) is 24.0 Å². The smallest absolute Gasteiger partial charge is 0.226 e. The van der Waals surface area contributed by atoms with E-state index in [1.807, 2.05) is 19.1 Å². The molecule has 1 N–H and O–H groups in total. The van der Waals surface area contributed by atoms with Gasteiger partial charge in [-0.05, 0) is 36.2 Å². The van der Waals surface area contributed by atoms with E-state index >= 15 is 0 Å². The van der Waals surface area contributed by atoms with Crippen molar-refractivity contribution >= 4 is 5.91 Å². The topological polar surface area (TPSA) is 42.0 Å². The molecule has 3 aromatic rings. The van der Waals surface area contributed by atoms with Crippen LogP contribution in [0.15, 0.2) is 66.9 Å². The van der Waals surface area contributed by atoms with Gasteiger partial charge in [-0.1, -0.05) is 48.0 Å². The fourth-order valence-electron chi connectivity index (χ4n) is 2.52. The summed E-state index contributed by atoms with van der Waals surface area (Å²) >= 11 is 0. The maximum atomic E-state index is 13.1. The molecule has 0 radical (unpaired) electrons. The number of carbonyl (C=O) groups excluding carboxylic acids is 1. The monoisotopic (exact) mass is 334 g/mol. The number of nitrogens with zero attached hydrogens (tertiary/aromatic N) is 1. The molecule has 0 fully saturated rings. The lowest BCUT2D eigenvalue weighted by molar-refractivity contribution is -0.120. The Hall–Kier alpha value is -3.01. The molecule has 126 valence electrons. The number of hydrogen-bond acceptors (Lipinski definition) is 2. The van der Waals surface area contributed by atoms with Crippen LogP contribution in [0.5, 0.6) is 0 Å². The molecule has 0 spiro atoms. The quantitative estimate of drug-likeness (QED) is 0.765. The van der Waals surface area contributed by atoms with Gasteiger partial charge in [0.1, 0.15) is 5.82 Å². The van der Waals surface area contributed by atoms with E-state index in [4.69, 9.17) is 0 Å². The third-order valence-corrected chi connectivity index (χ3v) is 3.93. The molecule has 0 atom stereocenters. The molecule has 1 amide bonds. The van der Waals surface area contributed by atoms with Crippen molar-refractivity contribution in [2.75, 3.05) is 0 Å². The number of aryl methyl sites for hydroxylation is 1. The first-order valence-electron chi connectivity index (χ1n) is 8.13. The molecule has 3 rings (SSSR count). The number of hydrogen-bond donors (Lipinski definition) is 1. The molecule has 1 heterocycles. The zero-order valence-electron chi connectivity index (χ0n) is 14.0. The molecule has 0 aliphatic rings. The molecule has 0 unspecified atom stereocenters.